The Morgan fingerprint density at radius 2 is 1.97 bits per heavy atom. The van der Waals surface area contributed by atoms with Crippen molar-refractivity contribution in [2.45, 2.75) is 33.2 Å². The summed E-state index contributed by atoms with van der Waals surface area (Å²) in [5.74, 6) is -1.70. The van der Waals surface area contributed by atoms with Crippen LogP contribution in [0.3, 0.4) is 0 Å². The molecule has 1 aliphatic rings. The van der Waals surface area contributed by atoms with Crippen LogP contribution in [0.25, 0.3) is 0 Å². The maximum absolute atomic E-state index is 13.0. The summed E-state index contributed by atoms with van der Waals surface area (Å²) in [6.45, 7) is 5.19. The SMILES string of the molecule is CC(=O)Nc1cccc(N2C(=O)C(O)=C(C(=O)CC(C)C)C2c2ccccn2)c1. The van der Waals surface area contributed by atoms with E-state index < -0.39 is 17.7 Å². The number of Topliss-reactive ketones (excluding diaryl/α,β-unsaturated/α-hetero) is 1. The molecule has 2 N–H and O–H groups in total. The molecule has 1 aliphatic heterocycles. The third-order valence-electron chi connectivity index (χ3n) is 4.51. The molecule has 3 rings (SSSR count). The first-order valence-corrected chi connectivity index (χ1v) is 9.38. The molecule has 1 aromatic carbocycles. The lowest BCUT2D eigenvalue weighted by Crippen LogP contribution is -2.31. The van der Waals surface area contributed by atoms with E-state index in [-0.39, 0.29) is 29.6 Å². The number of pyridine rings is 1. The number of hydrogen-bond acceptors (Lipinski definition) is 5. The van der Waals surface area contributed by atoms with Crippen LogP contribution < -0.4 is 10.2 Å². The van der Waals surface area contributed by atoms with E-state index in [0.717, 1.165) is 0 Å². The molecule has 0 bridgehead atoms. The van der Waals surface area contributed by atoms with Crippen molar-refractivity contribution in [1.29, 1.82) is 0 Å². The average Bonchev–Trinajstić information content (AvgIpc) is 2.93. The van der Waals surface area contributed by atoms with Gasteiger partial charge in [0.2, 0.25) is 5.91 Å². The monoisotopic (exact) mass is 393 g/mol. The first kappa shape index (κ1) is 20.3. The molecule has 0 radical (unpaired) electrons. The molecule has 1 aromatic heterocycles. The topological polar surface area (TPSA) is 99.6 Å². The number of ketones is 1. The number of benzene rings is 1. The van der Waals surface area contributed by atoms with E-state index in [1.807, 2.05) is 13.8 Å². The summed E-state index contributed by atoms with van der Waals surface area (Å²) in [5, 5.41) is 13.3. The number of aliphatic hydroxyl groups is 1. The summed E-state index contributed by atoms with van der Waals surface area (Å²) in [6.07, 6.45) is 1.78. The average molecular weight is 393 g/mol. The van der Waals surface area contributed by atoms with Gasteiger partial charge in [0.1, 0.15) is 6.04 Å². The summed E-state index contributed by atoms with van der Waals surface area (Å²) in [5.41, 5.74) is 1.47. The quantitative estimate of drug-likeness (QED) is 0.782. The second kappa shape index (κ2) is 8.26. The van der Waals surface area contributed by atoms with Crippen LogP contribution in [-0.4, -0.2) is 27.7 Å². The molecule has 0 fully saturated rings. The molecular formula is C22H23N3O4. The van der Waals surface area contributed by atoms with E-state index in [9.17, 15) is 19.5 Å². The Hall–Kier alpha value is -3.48. The predicted molar refractivity (Wildman–Crippen MR) is 109 cm³/mol. The first-order chi connectivity index (χ1) is 13.8. The highest BCUT2D eigenvalue weighted by Crippen LogP contribution is 2.41. The van der Waals surface area contributed by atoms with Crippen molar-refractivity contribution in [1.82, 2.24) is 4.98 Å². The second-order valence-corrected chi connectivity index (χ2v) is 7.35. The largest absolute Gasteiger partial charge is 0.503 e. The molecule has 7 heteroatoms. The molecule has 7 nitrogen and oxygen atoms in total. The van der Waals surface area contributed by atoms with Crippen LogP contribution in [0.1, 0.15) is 38.9 Å². The Bertz CT molecular complexity index is 983. The molecule has 0 aliphatic carbocycles. The molecule has 0 spiro atoms. The van der Waals surface area contributed by atoms with Crippen molar-refractivity contribution in [3.05, 3.63) is 65.7 Å². The van der Waals surface area contributed by atoms with Gasteiger partial charge >= 0.3 is 0 Å². The van der Waals surface area contributed by atoms with E-state index in [1.54, 1.807) is 48.7 Å². The van der Waals surface area contributed by atoms with Gasteiger partial charge in [-0.2, -0.15) is 0 Å². The molecule has 150 valence electrons. The molecule has 29 heavy (non-hydrogen) atoms. The molecule has 2 aromatic rings. The number of carbonyl (C=O) groups excluding carboxylic acids is 3. The van der Waals surface area contributed by atoms with Gasteiger partial charge in [-0.25, -0.2) is 0 Å². The molecular weight excluding hydrogens is 370 g/mol. The van der Waals surface area contributed by atoms with E-state index in [0.29, 0.717) is 17.1 Å². The van der Waals surface area contributed by atoms with Gasteiger partial charge < -0.3 is 10.4 Å². The maximum atomic E-state index is 13.0. The smallest absolute Gasteiger partial charge is 0.294 e. The summed E-state index contributed by atoms with van der Waals surface area (Å²) >= 11 is 0. The third-order valence-corrected chi connectivity index (χ3v) is 4.51. The van der Waals surface area contributed by atoms with Gasteiger partial charge in [-0.3, -0.25) is 24.3 Å². The Labute approximate surface area is 169 Å². The van der Waals surface area contributed by atoms with E-state index >= 15 is 0 Å². The molecule has 2 heterocycles. The van der Waals surface area contributed by atoms with Gasteiger partial charge in [0, 0.05) is 30.9 Å². The lowest BCUT2D eigenvalue weighted by molar-refractivity contribution is -0.118. The minimum Gasteiger partial charge on any atom is -0.503 e. The van der Waals surface area contributed by atoms with Crippen LogP contribution >= 0.6 is 0 Å². The first-order valence-electron chi connectivity index (χ1n) is 9.38. The van der Waals surface area contributed by atoms with E-state index in [2.05, 4.69) is 10.3 Å². The fraction of sp³-hybridized carbons (Fsp3) is 0.273. The van der Waals surface area contributed by atoms with Crippen LogP contribution in [0.4, 0.5) is 11.4 Å². The summed E-state index contributed by atoms with van der Waals surface area (Å²) in [7, 11) is 0. The summed E-state index contributed by atoms with van der Waals surface area (Å²) in [4.78, 5) is 42.9. The van der Waals surface area contributed by atoms with Gasteiger partial charge in [0.25, 0.3) is 5.91 Å². The lowest BCUT2D eigenvalue weighted by atomic mass is 9.94. The normalized spacial score (nSPS) is 16.5. The zero-order chi connectivity index (χ0) is 21.1. The Kier molecular flexibility index (Phi) is 5.77. The summed E-state index contributed by atoms with van der Waals surface area (Å²) in [6, 6.07) is 11.1. The lowest BCUT2D eigenvalue weighted by Gasteiger charge is -2.26. The number of aromatic nitrogens is 1. The van der Waals surface area contributed by atoms with Crippen molar-refractivity contribution in [3.8, 4) is 0 Å². The van der Waals surface area contributed by atoms with Crippen molar-refractivity contribution < 1.29 is 19.5 Å². The number of anilines is 2. The standard InChI is InChI=1S/C22H23N3O4/c1-13(2)11-18(27)19-20(17-9-4-5-10-23-17)25(22(29)21(19)28)16-8-6-7-15(12-16)24-14(3)26/h4-10,12-13,20,28H,11H2,1-3H3,(H,24,26). The maximum Gasteiger partial charge on any atom is 0.294 e. The Balaban J connectivity index is 2.11. The summed E-state index contributed by atoms with van der Waals surface area (Å²) < 4.78 is 0. The molecule has 1 atom stereocenters. The number of nitrogens with one attached hydrogen (secondary N) is 1. The number of rotatable bonds is 6. The molecule has 0 saturated heterocycles. The molecule has 0 saturated carbocycles. The van der Waals surface area contributed by atoms with Gasteiger partial charge in [-0.15, -0.1) is 0 Å². The zero-order valence-electron chi connectivity index (χ0n) is 16.5. The van der Waals surface area contributed by atoms with Crippen LogP contribution in [0.2, 0.25) is 0 Å². The second-order valence-electron chi connectivity index (χ2n) is 7.35. The Morgan fingerprint density at radius 1 is 1.21 bits per heavy atom. The Morgan fingerprint density at radius 3 is 2.59 bits per heavy atom. The third kappa shape index (κ3) is 4.18. The van der Waals surface area contributed by atoms with Crippen molar-refractivity contribution in [2.24, 2.45) is 5.92 Å². The predicted octanol–water partition coefficient (Wildman–Crippen LogP) is 3.56. The van der Waals surface area contributed by atoms with Crippen LogP contribution in [0, 0.1) is 5.92 Å². The minimum atomic E-state index is -0.845. The van der Waals surface area contributed by atoms with Gasteiger partial charge in [0.05, 0.1) is 11.3 Å². The highest BCUT2D eigenvalue weighted by atomic mass is 16.3. The van der Waals surface area contributed by atoms with Crippen molar-refractivity contribution in [2.75, 3.05) is 10.2 Å². The van der Waals surface area contributed by atoms with Crippen molar-refractivity contribution in [3.63, 3.8) is 0 Å². The molecule has 2 amide bonds. The van der Waals surface area contributed by atoms with Crippen LogP contribution in [0.5, 0.6) is 0 Å². The van der Waals surface area contributed by atoms with E-state index in [1.165, 1.54) is 11.8 Å². The fourth-order valence-corrected chi connectivity index (χ4v) is 3.39. The van der Waals surface area contributed by atoms with Crippen LogP contribution in [0.15, 0.2) is 60.0 Å². The van der Waals surface area contributed by atoms with Crippen LogP contribution in [-0.2, 0) is 14.4 Å². The fourth-order valence-electron chi connectivity index (χ4n) is 3.39. The van der Waals surface area contributed by atoms with Crippen molar-refractivity contribution >= 4 is 29.0 Å². The number of aliphatic hydroxyl groups excluding tert-OH is 1. The zero-order valence-corrected chi connectivity index (χ0v) is 16.5. The number of carbonyl (C=O) groups is 3. The highest BCUT2D eigenvalue weighted by molar-refractivity contribution is 6.16. The van der Waals surface area contributed by atoms with Gasteiger partial charge in [-0.05, 0) is 36.2 Å². The highest BCUT2D eigenvalue weighted by Gasteiger charge is 2.44. The van der Waals surface area contributed by atoms with Gasteiger partial charge in [0.15, 0.2) is 11.5 Å². The van der Waals surface area contributed by atoms with E-state index in [4.69, 9.17) is 0 Å². The number of hydrogen-bond donors (Lipinski definition) is 2. The van der Waals surface area contributed by atoms with Gasteiger partial charge in [-0.1, -0.05) is 26.0 Å². The minimum absolute atomic E-state index is 0.0485. The number of nitrogens with zero attached hydrogens (tertiary/aromatic N) is 2. The molecule has 1 unspecified atom stereocenters. The number of amides is 2.